The average molecular weight is 335 g/mol. The first-order valence-corrected chi connectivity index (χ1v) is 8.38. The molecule has 0 aliphatic rings. The monoisotopic (exact) mass is 335 g/mol. The molecule has 0 unspecified atom stereocenters. The van der Waals surface area contributed by atoms with Gasteiger partial charge < -0.3 is 5.32 Å². The van der Waals surface area contributed by atoms with Crippen molar-refractivity contribution in [3.63, 3.8) is 0 Å². The third-order valence-electron chi connectivity index (χ3n) is 4.27. The Labute approximate surface area is 146 Å². The van der Waals surface area contributed by atoms with E-state index in [4.69, 9.17) is 0 Å². The van der Waals surface area contributed by atoms with Crippen LogP contribution >= 0.6 is 0 Å². The highest BCUT2D eigenvalue weighted by Gasteiger charge is 2.14. The minimum absolute atomic E-state index is 0.0426. The highest BCUT2D eigenvalue weighted by molar-refractivity contribution is 5.79. The minimum Gasteiger partial charge on any atom is -0.348 e. The van der Waals surface area contributed by atoms with Gasteiger partial charge in [0, 0.05) is 0 Å². The highest BCUT2D eigenvalue weighted by Crippen LogP contribution is 2.17. The van der Waals surface area contributed by atoms with E-state index in [-0.39, 0.29) is 24.1 Å². The number of nitrogens with zero attached hydrogens (tertiary/aromatic N) is 2. The molecule has 128 valence electrons. The first-order chi connectivity index (χ1) is 12.1. The van der Waals surface area contributed by atoms with Crippen LogP contribution in [0.15, 0.2) is 59.7 Å². The van der Waals surface area contributed by atoms with Crippen LogP contribution in [0.25, 0.3) is 10.9 Å². The zero-order valence-corrected chi connectivity index (χ0v) is 14.4. The van der Waals surface area contributed by atoms with Crippen molar-refractivity contribution in [1.29, 1.82) is 0 Å². The Kier molecular flexibility index (Phi) is 4.93. The first kappa shape index (κ1) is 16.9. The van der Waals surface area contributed by atoms with Crippen LogP contribution in [0.4, 0.5) is 0 Å². The van der Waals surface area contributed by atoms with Crippen molar-refractivity contribution in [2.24, 2.45) is 0 Å². The fourth-order valence-corrected chi connectivity index (χ4v) is 2.83. The van der Waals surface area contributed by atoms with E-state index in [1.807, 2.05) is 44.2 Å². The van der Waals surface area contributed by atoms with E-state index in [1.165, 1.54) is 16.5 Å². The van der Waals surface area contributed by atoms with Crippen molar-refractivity contribution in [1.82, 2.24) is 14.9 Å². The van der Waals surface area contributed by atoms with Crippen LogP contribution in [-0.4, -0.2) is 15.5 Å². The van der Waals surface area contributed by atoms with Gasteiger partial charge in [-0.3, -0.25) is 14.2 Å². The van der Waals surface area contributed by atoms with E-state index in [1.54, 1.807) is 18.2 Å². The van der Waals surface area contributed by atoms with Gasteiger partial charge in [-0.15, -0.1) is 0 Å². The molecule has 1 N–H and O–H groups in total. The van der Waals surface area contributed by atoms with E-state index in [2.05, 4.69) is 10.3 Å². The molecule has 0 spiro atoms. The summed E-state index contributed by atoms with van der Waals surface area (Å²) in [6, 6.07) is 15.2. The summed E-state index contributed by atoms with van der Waals surface area (Å²) in [5, 5.41) is 3.52. The molecule has 3 aromatic rings. The molecule has 0 saturated heterocycles. The van der Waals surface area contributed by atoms with E-state index in [0.717, 1.165) is 12.0 Å². The van der Waals surface area contributed by atoms with Crippen molar-refractivity contribution in [3.8, 4) is 0 Å². The molecular weight excluding hydrogens is 314 g/mol. The summed E-state index contributed by atoms with van der Waals surface area (Å²) < 4.78 is 1.35. The van der Waals surface area contributed by atoms with E-state index in [0.29, 0.717) is 10.9 Å². The number of nitrogens with one attached hydrogen (secondary N) is 1. The second-order valence-corrected chi connectivity index (χ2v) is 6.13. The second kappa shape index (κ2) is 7.30. The van der Waals surface area contributed by atoms with Crippen LogP contribution in [-0.2, 0) is 11.3 Å². The Morgan fingerprint density at radius 3 is 2.60 bits per heavy atom. The van der Waals surface area contributed by atoms with Crippen molar-refractivity contribution in [2.45, 2.75) is 32.9 Å². The van der Waals surface area contributed by atoms with Crippen LogP contribution in [0.2, 0.25) is 0 Å². The Morgan fingerprint density at radius 1 is 1.16 bits per heavy atom. The number of aryl methyl sites for hydroxylation is 1. The molecule has 0 saturated carbocycles. The lowest BCUT2D eigenvalue weighted by Crippen LogP contribution is -2.34. The molecule has 3 rings (SSSR count). The number of carbonyl (C=O) groups excluding carboxylic acids is 1. The van der Waals surface area contributed by atoms with Gasteiger partial charge in [0.05, 0.1) is 23.3 Å². The maximum atomic E-state index is 12.5. The second-order valence-electron chi connectivity index (χ2n) is 6.13. The van der Waals surface area contributed by atoms with Gasteiger partial charge >= 0.3 is 0 Å². The molecule has 5 heteroatoms. The van der Waals surface area contributed by atoms with Crippen LogP contribution in [0.1, 0.15) is 30.5 Å². The van der Waals surface area contributed by atoms with Gasteiger partial charge in [0.25, 0.3) is 5.56 Å². The van der Waals surface area contributed by atoms with Crippen molar-refractivity contribution in [2.75, 3.05) is 0 Å². The number of amides is 1. The molecule has 25 heavy (non-hydrogen) atoms. The topological polar surface area (TPSA) is 64.0 Å². The van der Waals surface area contributed by atoms with Gasteiger partial charge in [0.2, 0.25) is 5.91 Å². The first-order valence-electron chi connectivity index (χ1n) is 8.38. The van der Waals surface area contributed by atoms with Gasteiger partial charge in [-0.1, -0.05) is 48.9 Å². The Morgan fingerprint density at radius 2 is 1.88 bits per heavy atom. The highest BCUT2D eigenvalue weighted by atomic mass is 16.2. The summed E-state index contributed by atoms with van der Waals surface area (Å²) in [5.74, 6) is -0.202. The number of para-hydroxylation sites is 1. The molecule has 1 aromatic heterocycles. The molecule has 1 heterocycles. The van der Waals surface area contributed by atoms with E-state index >= 15 is 0 Å². The quantitative estimate of drug-likeness (QED) is 0.779. The van der Waals surface area contributed by atoms with Crippen LogP contribution in [0.5, 0.6) is 0 Å². The average Bonchev–Trinajstić information content (AvgIpc) is 2.63. The number of aromatic nitrogens is 2. The zero-order valence-electron chi connectivity index (χ0n) is 14.4. The summed E-state index contributed by atoms with van der Waals surface area (Å²) in [4.78, 5) is 29.1. The van der Waals surface area contributed by atoms with Crippen molar-refractivity contribution >= 4 is 16.8 Å². The third-order valence-corrected chi connectivity index (χ3v) is 4.27. The number of hydrogen-bond acceptors (Lipinski definition) is 3. The van der Waals surface area contributed by atoms with Crippen LogP contribution < -0.4 is 10.9 Å². The summed E-state index contributed by atoms with van der Waals surface area (Å²) in [6.45, 7) is 4.01. The van der Waals surface area contributed by atoms with Gasteiger partial charge in [0.1, 0.15) is 6.54 Å². The molecule has 2 aromatic carbocycles. The SMILES string of the molecule is CC[C@H](NC(=O)Cn1cnc2ccccc2c1=O)c1ccc(C)cc1. The summed E-state index contributed by atoms with van der Waals surface area (Å²) in [5.41, 5.74) is 2.67. The standard InChI is InChI=1S/C20H21N3O2/c1-3-17(15-10-8-14(2)9-11-15)22-19(24)12-23-13-21-18-7-5-4-6-16(18)20(23)25/h4-11,13,17H,3,12H2,1-2H3,(H,22,24)/t17-/m0/s1. The molecule has 1 atom stereocenters. The normalized spacial score (nSPS) is 12.1. The molecular formula is C20H21N3O2. The largest absolute Gasteiger partial charge is 0.348 e. The Balaban J connectivity index is 1.76. The summed E-state index contributed by atoms with van der Waals surface area (Å²) in [6.07, 6.45) is 2.21. The van der Waals surface area contributed by atoms with Gasteiger partial charge in [-0.05, 0) is 31.0 Å². The van der Waals surface area contributed by atoms with Crippen LogP contribution in [0, 0.1) is 6.92 Å². The maximum absolute atomic E-state index is 12.5. The van der Waals surface area contributed by atoms with Gasteiger partial charge in [-0.25, -0.2) is 4.98 Å². The molecule has 0 bridgehead atoms. The molecule has 0 radical (unpaired) electrons. The van der Waals surface area contributed by atoms with Crippen molar-refractivity contribution < 1.29 is 4.79 Å². The Hall–Kier alpha value is -2.95. The number of carbonyl (C=O) groups is 1. The predicted octanol–water partition coefficient (Wildman–Crippen LogP) is 2.97. The predicted molar refractivity (Wildman–Crippen MR) is 98.4 cm³/mol. The fourth-order valence-electron chi connectivity index (χ4n) is 2.83. The number of benzene rings is 2. The molecule has 0 aliphatic carbocycles. The van der Waals surface area contributed by atoms with Gasteiger partial charge in [0.15, 0.2) is 0 Å². The lowest BCUT2D eigenvalue weighted by Gasteiger charge is -2.18. The van der Waals surface area contributed by atoms with Gasteiger partial charge in [-0.2, -0.15) is 0 Å². The van der Waals surface area contributed by atoms with Crippen molar-refractivity contribution in [3.05, 3.63) is 76.3 Å². The van der Waals surface area contributed by atoms with E-state index in [9.17, 15) is 9.59 Å². The third kappa shape index (κ3) is 3.76. The molecule has 5 nitrogen and oxygen atoms in total. The molecule has 0 fully saturated rings. The smallest absolute Gasteiger partial charge is 0.261 e. The zero-order chi connectivity index (χ0) is 17.8. The lowest BCUT2D eigenvalue weighted by atomic mass is 10.0. The maximum Gasteiger partial charge on any atom is 0.261 e. The fraction of sp³-hybridized carbons (Fsp3) is 0.250. The summed E-state index contributed by atoms with van der Waals surface area (Å²) >= 11 is 0. The molecule has 0 aliphatic heterocycles. The lowest BCUT2D eigenvalue weighted by molar-refractivity contribution is -0.122. The number of rotatable bonds is 5. The number of fused-ring (bicyclic) bond motifs is 1. The van der Waals surface area contributed by atoms with E-state index < -0.39 is 0 Å². The number of hydrogen-bond donors (Lipinski definition) is 1. The Bertz CT molecular complexity index is 945. The molecule has 1 amide bonds. The minimum atomic E-state index is -0.205. The summed E-state index contributed by atoms with van der Waals surface area (Å²) in [7, 11) is 0. The van der Waals surface area contributed by atoms with Crippen LogP contribution in [0.3, 0.4) is 0 Å².